The summed E-state index contributed by atoms with van der Waals surface area (Å²) in [4.78, 5) is 11.9. The Kier molecular flexibility index (Phi) is 4.96. The van der Waals surface area contributed by atoms with E-state index >= 15 is 0 Å². The third kappa shape index (κ3) is 3.34. The van der Waals surface area contributed by atoms with Gasteiger partial charge in [0.1, 0.15) is 6.61 Å². The van der Waals surface area contributed by atoms with Crippen LogP contribution in [0.25, 0.3) is 11.1 Å². The lowest BCUT2D eigenvalue weighted by Crippen LogP contribution is -2.27. The molecule has 0 saturated heterocycles. The van der Waals surface area contributed by atoms with Crippen LogP contribution >= 0.6 is 0 Å². The maximum Gasteiger partial charge on any atom is 0.407 e. The molecule has 1 amide bonds. The van der Waals surface area contributed by atoms with Crippen LogP contribution in [0.3, 0.4) is 0 Å². The summed E-state index contributed by atoms with van der Waals surface area (Å²) in [6, 6.07) is 16.5. The number of hydrogen-bond acceptors (Lipinski definition) is 3. The molecule has 0 spiro atoms. The number of aliphatic hydroxyl groups excluding tert-OH is 1. The van der Waals surface area contributed by atoms with E-state index in [0.717, 1.165) is 0 Å². The number of hydrogen-bond donors (Lipinski definition) is 2. The van der Waals surface area contributed by atoms with Crippen molar-refractivity contribution in [3.63, 3.8) is 0 Å². The molecule has 0 aromatic heterocycles. The summed E-state index contributed by atoms with van der Waals surface area (Å²) in [6.45, 7) is 4.34. The van der Waals surface area contributed by atoms with E-state index in [0.29, 0.717) is 25.1 Å². The molecule has 0 fully saturated rings. The predicted molar refractivity (Wildman–Crippen MR) is 93.9 cm³/mol. The average molecular weight is 323 g/mol. The zero-order valence-electron chi connectivity index (χ0n) is 13.5. The zero-order valence-corrected chi connectivity index (χ0v) is 13.5. The maximum atomic E-state index is 11.9. The molecule has 1 aliphatic rings. The van der Waals surface area contributed by atoms with Crippen LogP contribution in [0.2, 0.25) is 0 Å². The first-order valence-corrected chi connectivity index (χ1v) is 8.07. The number of nitrogens with one attached hydrogen (secondary N) is 1. The summed E-state index contributed by atoms with van der Waals surface area (Å²) in [5.74, 6) is 0.0653. The molecule has 0 bridgehead atoms. The lowest BCUT2D eigenvalue weighted by atomic mass is 9.98. The van der Waals surface area contributed by atoms with Crippen molar-refractivity contribution in [2.24, 2.45) is 0 Å². The average Bonchev–Trinajstić information content (AvgIpc) is 2.94. The van der Waals surface area contributed by atoms with Gasteiger partial charge in [0.15, 0.2) is 0 Å². The monoisotopic (exact) mass is 323 g/mol. The number of aliphatic hydroxyl groups is 1. The molecule has 0 saturated carbocycles. The van der Waals surface area contributed by atoms with E-state index < -0.39 is 6.09 Å². The maximum absolute atomic E-state index is 11.9. The fourth-order valence-corrected chi connectivity index (χ4v) is 3.07. The molecular weight excluding hydrogens is 302 g/mol. The Hall–Kier alpha value is -2.59. The van der Waals surface area contributed by atoms with Gasteiger partial charge in [-0.05, 0) is 28.7 Å². The number of ether oxygens (including phenoxy) is 1. The third-order valence-electron chi connectivity index (χ3n) is 4.32. The topological polar surface area (TPSA) is 58.6 Å². The van der Waals surface area contributed by atoms with Crippen LogP contribution in [0.5, 0.6) is 0 Å². The quantitative estimate of drug-likeness (QED) is 0.800. The van der Waals surface area contributed by atoms with E-state index in [9.17, 15) is 4.79 Å². The number of fused-ring (bicyclic) bond motifs is 3. The molecule has 2 aromatic carbocycles. The number of alkyl carbamates (subject to hydrolysis) is 1. The standard InChI is InChI=1S/C20H21NO3/c1-14(12-22)10-11-21-20(23)24-13-19-17-8-4-2-6-15(17)16-7-3-5-9-18(16)19/h2-9,19,22H,1,10-13H2,(H,21,23). The van der Waals surface area contributed by atoms with Gasteiger partial charge in [-0.2, -0.15) is 0 Å². The van der Waals surface area contributed by atoms with Gasteiger partial charge in [0.25, 0.3) is 0 Å². The van der Waals surface area contributed by atoms with Gasteiger partial charge in [-0.15, -0.1) is 0 Å². The second-order valence-corrected chi connectivity index (χ2v) is 5.91. The van der Waals surface area contributed by atoms with E-state index in [-0.39, 0.29) is 12.5 Å². The molecule has 0 heterocycles. The highest BCUT2D eigenvalue weighted by atomic mass is 16.5. The molecule has 1 aliphatic carbocycles. The summed E-state index contributed by atoms with van der Waals surface area (Å²) in [5, 5.41) is 11.6. The Morgan fingerprint density at radius 3 is 2.25 bits per heavy atom. The SMILES string of the molecule is C=C(CO)CCNC(=O)OCC1c2ccccc2-c2ccccc21. The van der Waals surface area contributed by atoms with Crippen molar-refractivity contribution in [1.82, 2.24) is 5.32 Å². The first-order valence-electron chi connectivity index (χ1n) is 8.07. The van der Waals surface area contributed by atoms with Crippen molar-refractivity contribution in [3.8, 4) is 11.1 Å². The van der Waals surface area contributed by atoms with E-state index in [1.54, 1.807) is 0 Å². The first kappa shape index (κ1) is 16.3. The minimum atomic E-state index is -0.442. The number of carbonyl (C=O) groups is 1. The molecule has 24 heavy (non-hydrogen) atoms. The second-order valence-electron chi connectivity index (χ2n) is 5.91. The van der Waals surface area contributed by atoms with E-state index in [4.69, 9.17) is 9.84 Å². The van der Waals surface area contributed by atoms with Crippen LogP contribution in [0, 0.1) is 0 Å². The summed E-state index contributed by atoms with van der Waals surface area (Å²) in [7, 11) is 0. The van der Waals surface area contributed by atoms with Crippen molar-refractivity contribution in [1.29, 1.82) is 0 Å². The fourth-order valence-electron chi connectivity index (χ4n) is 3.07. The normalized spacial score (nSPS) is 12.4. The van der Waals surface area contributed by atoms with Crippen LogP contribution in [0.15, 0.2) is 60.7 Å². The van der Waals surface area contributed by atoms with Crippen LogP contribution in [0.1, 0.15) is 23.5 Å². The second kappa shape index (κ2) is 7.32. The van der Waals surface area contributed by atoms with Gasteiger partial charge < -0.3 is 15.2 Å². The minimum absolute atomic E-state index is 0.0631. The Morgan fingerprint density at radius 1 is 1.08 bits per heavy atom. The van der Waals surface area contributed by atoms with Crippen molar-refractivity contribution in [2.75, 3.05) is 19.8 Å². The Labute approximate surface area is 141 Å². The lowest BCUT2D eigenvalue weighted by Gasteiger charge is -2.14. The molecule has 0 atom stereocenters. The molecule has 0 unspecified atom stereocenters. The largest absolute Gasteiger partial charge is 0.449 e. The van der Waals surface area contributed by atoms with Gasteiger partial charge >= 0.3 is 6.09 Å². The summed E-state index contributed by atoms with van der Waals surface area (Å²) < 4.78 is 5.41. The highest BCUT2D eigenvalue weighted by Crippen LogP contribution is 2.44. The minimum Gasteiger partial charge on any atom is -0.449 e. The van der Waals surface area contributed by atoms with Gasteiger partial charge in [0.05, 0.1) is 6.61 Å². The van der Waals surface area contributed by atoms with Gasteiger partial charge in [0, 0.05) is 12.5 Å². The number of benzene rings is 2. The van der Waals surface area contributed by atoms with Crippen LogP contribution in [-0.2, 0) is 4.74 Å². The van der Waals surface area contributed by atoms with Crippen molar-refractivity contribution >= 4 is 6.09 Å². The highest BCUT2D eigenvalue weighted by Gasteiger charge is 2.28. The molecule has 124 valence electrons. The smallest absolute Gasteiger partial charge is 0.407 e. The molecular formula is C20H21NO3. The van der Waals surface area contributed by atoms with Gasteiger partial charge in [0.2, 0.25) is 0 Å². The molecule has 3 rings (SSSR count). The zero-order chi connectivity index (χ0) is 16.9. The van der Waals surface area contributed by atoms with E-state index in [1.807, 2.05) is 24.3 Å². The van der Waals surface area contributed by atoms with E-state index in [1.165, 1.54) is 22.3 Å². The Bertz CT molecular complexity index is 709. The number of amides is 1. The van der Waals surface area contributed by atoms with Crippen LogP contribution in [-0.4, -0.2) is 31.0 Å². The first-order chi connectivity index (χ1) is 11.7. The van der Waals surface area contributed by atoms with Gasteiger partial charge in [-0.1, -0.05) is 60.7 Å². The predicted octanol–water partition coefficient (Wildman–Crippen LogP) is 3.46. The number of rotatable bonds is 6. The van der Waals surface area contributed by atoms with Crippen molar-refractivity contribution in [2.45, 2.75) is 12.3 Å². The molecule has 2 N–H and O–H groups in total. The van der Waals surface area contributed by atoms with Crippen LogP contribution < -0.4 is 5.32 Å². The Morgan fingerprint density at radius 2 is 1.67 bits per heavy atom. The van der Waals surface area contributed by atoms with Gasteiger partial charge in [-0.3, -0.25) is 0 Å². The summed E-state index contributed by atoms with van der Waals surface area (Å²) in [6.07, 6.45) is 0.100. The molecule has 2 aromatic rings. The third-order valence-corrected chi connectivity index (χ3v) is 4.32. The lowest BCUT2D eigenvalue weighted by molar-refractivity contribution is 0.143. The van der Waals surface area contributed by atoms with Crippen molar-refractivity contribution in [3.05, 3.63) is 71.8 Å². The van der Waals surface area contributed by atoms with E-state index in [2.05, 4.69) is 36.2 Å². The fraction of sp³-hybridized carbons (Fsp3) is 0.250. The van der Waals surface area contributed by atoms with Crippen molar-refractivity contribution < 1.29 is 14.6 Å². The summed E-state index contributed by atoms with van der Waals surface area (Å²) in [5.41, 5.74) is 5.50. The summed E-state index contributed by atoms with van der Waals surface area (Å²) >= 11 is 0. The molecule has 0 radical (unpaired) electrons. The highest BCUT2D eigenvalue weighted by molar-refractivity contribution is 5.79. The Balaban J connectivity index is 1.63. The van der Waals surface area contributed by atoms with Gasteiger partial charge in [-0.25, -0.2) is 4.79 Å². The molecule has 0 aliphatic heterocycles. The number of carbonyl (C=O) groups excluding carboxylic acids is 1. The van der Waals surface area contributed by atoms with Crippen LogP contribution in [0.4, 0.5) is 4.79 Å². The molecule has 4 heteroatoms. The molecule has 4 nitrogen and oxygen atoms in total.